The lowest BCUT2D eigenvalue weighted by molar-refractivity contribution is -0.105. The molecular formula is C11H19NO. The highest BCUT2D eigenvalue weighted by Gasteiger charge is 2.14. The molecule has 0 spiro atoms. The summed E-state index contributed by atoms with van der Waals surface area (Å²) >= 11 is 0. The van der Waals surface area contributed by atoms with Crippen LogP contribution in [-0.2, 0) is 4.79 Å². The number of carbonyl (C=O) groups excluding carboxylic acids is 1. The minimum Gasteiger partial charge on any atom is -0.383 e. The highest BCUT2D eigenvalue weighted by atomic mass is 16.1. The largest absolute Gasteiger partial charge is 0.383 e. The summed E-state index contributed by atoms with van der Waals surface area (Å²) in [5, 5.41) is 0. The second-order valence-corrected chi connectivity index (χ2v) is 4.29. The average molecular weight is 181 g/mol. The van der Waals surface area contributed by atoms with Crippen LogP contribution in [0, 0.1) is 5.41 Å². The zero-order chi connectivity index (χ0) is 10.5. The van der Waals surface area contributed by atoms with Crippen molar-refractivity contribution in [3.63, 3.8) is 0 Å². The number of hydrogen-bond acceptors (Lipinski definition) is 2. The molecule has 0 amide bonds. The monoisotopic (exact) mass is 181 g/mol. The molecule has 0 heterocycles. The van der Waals surface area contributed by atoms with E-state index >= 15 is 0 Å². The van der Waals surface area contributed by atoms with Crippen LogP contribution in [0.1, 0.15) is 20.8 Å². The SMILES string of the molecule is CN(C)/C=C\C=C(/C=O)C(C)(C)C. The maximum Gasteiger partial charge on any atom is 0.146 e. The van der Waals surface area contributed by atoms with Crippen molar-refractivity contribution < 1.29 is 4.79 Å². The van der Waals surface area contributed by atoms with E-state index in [4.69, 9.17) is 0 Å². The maximum atomic E-state index is 10.7. The van der Waals surface area contributed by atoms with Gasteiger partial charge in [0, 0.05) is 14.1 Å². The van der Waals surface area contributed by atoms with Crippen molar-refractivity contribution in [2.45, 2.75) is 20.8 Å². The Bertz CT molecular complexity index is 219. The topological polar surface area (TPSA) is 20.3 Å². The van der Waals surface area contributed by atoms with Crippen LogP contribution in [0.25, 0.3) is 0 Å². The van der Waals surface area contributed by atoms with Gasteiger partial charge in [0.2, 0.25) is 0 Å². The van der Waals surface area contributed by atoms with Gasteiger partial charge < -0.3 is 4.90 Å². The number of nitrogens with zero attached hydrogens (tertiary/aromatic N) is 1. The summed E-state index contributed by atoms with van der Waals surface area (Å²) in [4.78, 5) is 12.6. The van der Waals surface area contributed by atoms with Gasteiger partial charge in [0.05, 0.1) is 0 Å². The van der Waals surface area contributed by atoms with Gasteiger partial charge in [-0.1, -0.05) is 26.8 Å². The second-order valence-electron chi connectivity index (χ2n) is 4.29. The lowest BCUT2D eigenvalue weighted by atomic mass is 9.87. The van der Waals surface area contributed by atoms with E-state index in [9.17, 15) is 4.79 Å². The van der Waals surface area contributed by atoms with E-state index in [1.807, 2.05) is 58.1 Å². The van der Waals surface area contributed by atoms with E-state index in [0.29, 0.717) is 0 Å². The van der Waals surface area contributed by atoms with E-state index in [1.54, 1.807) is 0 Å². The quantitative estimate of drug-likeness (QED) is 0.378. The predicted molar refractivity (Wildman–Crippen MR) is 56.4 cm³/mol. The molecule has 0 fully saturated rings. The number of rotatable bonds is 3. The molecule has 2 nitrogen and oxygen atoms in total. The summed E-state index contributed by atoms with van der Waals surface area (Å²) in [5.41, 5.74) is 0.740. The Morgan fingerprint density at radius 2 is 1.77 bits per heavy atom. The van der Waals surface area contributed by atoms with Crippen LogP contribution < -0.4 is 0 Å². The summed E-state index contributed by atoms with van der Waals surface area (Å²) in [6.45, 7) is 6.07. The zero-order valence-corrected chi connectivity index (χ0v) is 9.16. The fourth-order valence-corrected chi connectivity index (χ4v) is 0.785. The molecule has 0 aliphatic rings. The first-order valence-corrected chi connectivity index (χ1v) is 4.38. The number of allylic oxidation sites excluding steroid dienone is 3. The van der Waals surface area contributed by atoms with Crippen molar-refractivity contribution in [2.75, 3.05) is 14.1 Å². The molecule has 0 radical (unpaired) electrons. The molecule has 0 atom stereocenters. The molecular weight excluding hydrogens is 162 g/mol. The third-order valence-corrected chi connectivity index (χ3v) is 1.65. The fourth-order valence-electron chi connectivity index (χ4n) is 0.785. The minimum absolute atomic E-state index is 0.0710. The molecule has 0 saturated carbocycles. The Balaban J connectivity index is 4.51. The summed E-state index contributed by atoms with van der Waals surface area (Å²) in [7, 11) is 3.89. The van der Waals surface area contributed by atoms with Gasteiger partial charge in [0.25, 0.3) is 0 Å². The molecule has 0 aliphatic heterocycles. The zero-order valence-electron chi connectivity index (χ0n) is 9.16. The highest BCUT2D eigenvalue weighted by Crippen LogP contribution is 2.22. The first-order valence-electron chi connectivity index (χ1n) is 4.38. The Hall–Kier alpha value is -1.05. The van der Waals surface area contributed by atoms with Gasteiger partial charge in [-0.3, -0.25) is 4.79 Å². The van der Waals surface area contributed by atoms with Crippen LogP contribution in [-0.4, -0.2) is 25.3 Å². The van der Waals surface area contributed by atoms with Gasteiger partial charge in [0.15, 0.2) is 0 Å². The van der Waals surface area contributed by atoms with Crippen molar-refractivity contribution in [1.82, 2.24) is 4.90 Å². The van der Waals surface area contributed by atoms with Crippen LogP contribution in [0.5, 0.6) is 0 Å². The van der Waals surface area contributed by atoms with E-state index in [2.05, 4.69) is 0 Å². The van der Waals surface area contributed by atoms with Crippen LogP contribution in [0.2, 0.25) is 0 Å². The van der Waals surface area contributed by atoms with E-state index in [-0.39, 0.29) is 5.41 Å². The Labute approximate surface area is 80.9 Å². The fraction of sp³-hybridized carbons (Fsp3) is 0.545. The summed E-state index contributed by atoms with van der Waals surface area (Å²) < 4.78 is 0. The van der Waals surface area contributed by atoms with Crippen LogP contribution >= 0.6 is 0 Å². The summed E-state index contributed by atoms with van der Waals surface area (Å²) in [5.74, 6) is 0. The van der Waals surface area contributed by atoms with Crippen molar-refractivity contribution in [3.8, 4) is 0 Å². The number of aldehydes is 1. The molecule has 0 saturated heterocycles. The molecule has 0 rings (SSSR count). The van der Waals surface area contributed by atoms with Crippen molar-refractivity contribution in [3.05, 3.63) is 23.9 Å². The number of carbonyl (C=O) groups is 1. The third kappa shape index (κ3) is 5.23. The normalized spacial score (nSPS) is 13.5. The lowest BCUT2D eigenvalue weighted by Gasteiger charge is -2.17. The van der Waals surface area contributed by atoms with Gasteiger partial charge in [-0.05, 0) is 23.3 Å². The molecule has 0 bridgehead atoms. The molecule has 0 aromatic heterocycles. The molecule has 0 aliphatic carbocycles. The standard InChI is InChI=1S/C11H19NO/c1-11(2,3)10(9-13)7-6-8-12(4)5/h6-9H,1-5H3/b8-6-,10-7+. The molecule has 74 valence electrons. The van der Waals surface area contributed by atoms with Gasteiger partial charge >= 0.3 is 0 Å². The molecule has 13 heavy (non-hydrogen) atoms. The summed E-state index contributed by atoms with van der Waals surface area (Å²) in [6, 6.07) is 0. The van der Waals surface area contributed by atoms with Gasteiger partial charge in [-0.2, -0.15) is 0 Å². The Kier molecular flexibility index (Phi) is 4.46. The van der Waals surface area contributed by atoms with E-state index < -0.39 is 0 Å². The Morgan fingerprint density at radius 1 is 1.23 bits per heavy atom. The van der Waals surface area contributed by atoms with Gasteiger partial charge in [-0.15, -0.1) is 0 Å². The minimum atomic E-state index is -0.0710. The maximum absolute atomic E-state index is 10.7. The molecule has 0 aromatic rings. The second kappa shape index (κ2) is 4.85. The molecule has 0 aromatic carbocycles. The molecule has 2 heteroatoms. The van der Waals surface area contributed by atoms with Gasteiger partial charge in [0.1, 0.15) is 6.29 Å². The van der Waals surface area contributed by atoms with Crippen LogP contribution in [0.3, 0.4) is 0 Å². The van der Waals surface area contributed by atoms with Crippen molar-refractivity contribution in [1.29, 1.82) is 0 Å². The first kappa shape index (κ1) is 11.9. The van der Waals surface area contributed by atoms with Crippen molar-refractivity contribution in [2.24, 2.45) is 5.41 Å². The number of hydrogen-bond donors (Lipinski definition) is 0. The van der Waals surface area contributed by atoms with Crippen LogP contribution in [0.4, 0.5) is 0 Å². The molecule has 0 N–H and O–H groups in total. The van der Waals surface area contributed by atoms with E-state index in [1.165, 1.54) is 0 Å². The smallest absolute Gasteiger partial charge is 0.146 e. The molecule has 0 unspecified atom stereocenters. The first-order chi connectivity index (χ1) is 5.88. The van der Waals surface area contributed by atoms with E-state index in [0.717, 1.165) is 11.9 Å². The van der Waals surface area contributed by atoms with Crippen molar-refractivity contribution >= 4 is 6.29 Å². The predicted octanol–water partition coefficient (Wildman–Crippen LogP) is 2.23. The van der Waals surface area contributed by atoms with Crippen LogP contribution in [0.15, 0.2) is 23.9 Å². The van der Waals surface area contributed by atoms with Gasteiger partial charge in [-0.25, -0.2) is 0 Å². The third-order valence-electron chi connectivity index (χ3n) is 1.65. The highest BCUT2D eigenvalue weighted by molar-refractivity contribution is 5.75. The Morgan fingerprint density at radius 3 is 2.08 bits per heavy atom. The lowest BCUT2D eigenvalue weighted by Crippen LogP contribution is -2.10. The summed E-state index contributed by atoms with van der Waals surface area (Å²) in [6.07, 6.45) is 6.57. The average Bonchev–Trinajstić information content (AvgIpc) is 1.95.